The molecule has 0 radical (unpaired) electrons. The van der Waals surface area contributed by atoms with Gasteiger partial charge in [0.25, 0.3) is 5.91 Å². The van der Waals surface area contributed by atoms with Gasteiger partial charge in [-0.2, -0.15) is 0 Å². The van der Waals surface area contributed by atoms with Crippen LogP contribution in [0.2, 0.25) is 0 Å². The van der Waals surface area contributed by atoms with E-state index in [0.29, 0.717) is 18.2 Å². The molecule has 194 valence electrons. The van der Waals surface area contributed by atoms with Crippen molar-refractivity contribution < 1.29 is 4.79 Å². The van der Waals surface area contributed by atoms with E-state index in [1.807, 2.05) is 49.4 Å². The van der Waals surface area contributed by atoms with Gasteiger partial charge in [0.15, 0.2) is 0 Å². The van der Waals surface area contributed by atoms with Gasteiger partial charge >= 0.3 is 0 Å². The van der Waals surface area contributed by atoms with Crippen LogP contribution in [-0.4, -0.2) is 40.3 Å². The van der Waals surface area contributed by atoms with Gasteiger partial charge < -0.3 is 16.0 Å². The summed E-state index contributed by atoms with van der Waals surface area (Å²) in [6.07, 6.45) is 6.10. The molecule has 0 unspecified atom stereocenters. The molecule has 2 aromatic carbocycles. The fourth-order valence-electron chi connectivity index (χ4n) is 4.44. The minimum atomic E-state index is -0.247. The Morgan fingerprint density at radius 1 is 1.03 bits per heavy atom. The van der Waals surface area contributed by atoms with Crippen LogP contribution in [0.3, 0.4) is 0 Å². The van der Waals surface area contributed by atoms with Gasteiger partial charge in [-0.15, -0.1) is 24.8 Å². The van der Waals surface area contributed by atoms with Crippen molar-refractivity contribution in [2.45, 2.75) is 64.5 Å². The van der Waals surface area contributed by atoms with Crippen LogP contribution in [0.1, 0.15) is 67.2 Å². The predicted molar refractivity (Wildman–Crippen MR) is 152 cm³/mol. The van der Waals surface area contributed by atoms with Crippen molar-refractivity contribution in [1.82, 2.24) is 20.6 Å². The van der Waals surface area contributed by atoms with E-state index in [9.17, 15) is 4.79 Å². The maximum absolute atomic E-state index is 12.7. The van der Waals surface area contributed by atoms with Gasteiger partial charge in [-0.05, 0) is 38.3 Å². The highest BCUT2D eigenvalue weighted by atomic mass is 35.5. The molecule has 1 amide bonds. The Kier molecular flexibility index (Phi) is 11.4. The van der Waals surface area contributed by atoms with Crippen LogP contribution in [0.4, 0.5) is 5.82 Å². The quantitative estimate of drug-likeness (QED) is 0.171. The molecule has 2 atom stereocenters. The zero-order valence-electron chi connectivity index (χ0n) is 20.8. The number of fused-ring (bicyclic) bond motifs is 1. The number of benzene rings is 2. The molecular weight excluding hydrogens is 495 g/mol. The number of nitrogens with zero attached hydrogens (tertiary/aromatic N) is 2. The Morgan fingerprint density at radius 2 is 1.75 bits per heavy atom. The van der Waals surface area contributed by atoms with Gasteiger partial charge in [0.05, 0.1) is 5.52 Å². The summed E-state index contributed by atoms with van der Waals surface area (Å²) in [7, 11) is 0. The lowest BCUT2D eigenvalue weighted by molar-refractivity contribution is 0.0943. The van der Waals surface area contributed by atoms with Crippen molar-refractivity contribution in [3.63, 3.8) is 0 Å². The lowest BCUT2D eigenvalue weighted by atomic mass is 9.89. The highest BCUT2D eigenvalue weighted by Gasteiger charge is 2.27. The lowest BCUT2D eigenvalue weighted by Crippen LogP contribution is -2.48. The average molecular weight is 532 g/mol. The molecule has 0 bridgehead atoms. The number of amidine groups is 1. The molecule has 7 nitrogen and oxygen atoms in total. The van der Waals surface area contributed by atoms with E-state index in [4.69, 9.17) is 5.41 Å². The Morgan fingerprint density at radius 3 is 2.47 bits per heavy atom. The second kappa shape index (κ2) is 14.0. The molecule has 9 heteroatoms. The molecule has 0 aliphatic heterocycles. The van der Waals surface area contributed by atoms with E-state index >= 15 is 0 Å². The zero-order chi connectivity index (χ0) is 23.9. The van der Waals surface area contributed by atoms with Gasteiger partial charge in [-0.1, -0.05) is 68.1 Å². The fourth-order valence-corrected chi connectivity index (χ4v) is 4.44. The molecule has 1 heterocycles. The molecule has 1 saturated carbocycles. The number of carbonyl (C=O) groups excluding carboxylic acids is 1. The molecule has 0 saturated heterocycles. The first kappa shape index (κ1) is 29.3. The molecule has 1 aliphatic carbocycles. The highest BCUT2D eigenvalue weighted by Crippen LogP contribution is 2.27. The second-order valence-electron chi connectivity index (χ2n) is 9.05. The summed E-state index contributed by atoms with van der Waals surface area (Å²) < 4.78 is 0. The molecule has 36 heavy (non-hydrogen) atoms. The van der Waals surface area contributed by atoms with Crippen LogP contribution in [0, 0.1) is 12.3 Å². The first-order valence-electron chi connectivity index (χ1n) is 12.3. The van der Waals surface area contributed by atoms with Crippen LogP contribution < -0.4 is 16.0 Å². The zero-order valence-corrected chi connectivity index (χ0v) is 22.5. The number of nitrogens with one attached hydrogen (secondary N) is 4. The number of aryl methyl sites for hydroxylation is 1. The smallest absolute Gasteiger partial charge is 0.289 e. The number of halogens is 2. The van der Waals surface area contributed by atoms with E-state index in [1.165, 1.54) is 0 Å². The van der Waals surface area contributed by atoms with Gasteiger partial charge in [0, 0.05) is 29.6 Å². The van der Waals surface area contributed by atoms with Crippen molar-refractivity contribution in [3.8, 4) is 0 Å². The minimum absolute atomic E-state index is 0. The van der Waals surface area contributed by atoms with Crippen LogP contribution in [0.15, 0.2) is 48.5 Å². The van der Waals surface area contributed by atoms with Crippen molar-refractivity contribution >= 4 is 53.3 Å². The molecule has 4 rings (SSSR count). The van der Waals surface area contributed by atoms with Gasteiger partial charge in [-0.25, -0.2) is 9.97 Å². The summed E-state index contributed by atoms with van der Waals surface area (Å²) in [5.74, 6) is 1.05. The van der Waals surface area contributed by atoms with E-state index in [0.717, 1.165) is 60.6 Å². The molecule has 1 fully saturated rings. The maximum Gasteiger partial charge on any atom is 0.289 e. The normalized spacial score (nSPS) is 16.8. The standard InChI is InChI=1S/C27H34N6O.2ClH/c1-3-4-16-29-27(34)26-31-21-15-14-18(2)17-20(21)25(33-26)32-23-13-9-8-12-22(23)30-24(28)19-10-6-5-7-11-19;;/h5-7,10-11,14-15,17,22-23H,3-4,8-9,12-13,16H2,1-2H3,(H2,28,30)(H,29,34)(H,31,32,33);2*1H/t22-,23+;;/m1../s1. The van der Waals surface area contributed by atoms with E-state index < -0.39 is 0 Å². The summed E-state index contributed by atoms with van der Waals surface area (Å²) >= 11 is 0. The first-order chi connectivity index (χ1) is 16.5. The number of hydrogen-bond donors (Lipinski definition) is 4. The number of unbranched alkanes of at least 4 members (excludes halogenated alkanes) is 1. The number of hydrogen-bond acceptors (Lipinski definition) is 5. The Bertz CT molecular complexity index is 1160. The van der Waals surface area contributed by atoms with Crippen LogP contribution in [0.25, 0.3) is 10.9 Å². The summed E-state index contributed by atoms with van der Waals surface area (Å²) in [5, 5.41) is 19.5. The van der Waals surface area contributed by atoms with Crippen molar-refractivity contribution in [2.24, 2.45) is 0 Å². The minimum Gasteiger partial charge on any atom is -0.365 e. The first-order valence-corrected chi connectivity index (χ1v) is 12.3. The van der Waals surface area contributed by atoms with Crippen molar-refractivity contribution in [2.75, 3.05) is 11.9 Å². The van der Waals surface area contributed by atoms with Crippen LogP contribution in [-0.2, 0) is 0 Å². The molecule has 0 spiro atoms. The Hall–Kier alpha value is -2.90. The average Bonchev–Trinajstić information content (AvgIpc) is 2.86. The summed E-state index contributed by atoms with van der Waals surface area (Å²) in [6.45, 7) is 4.75. The molecular formula is C27H36Cl2N6O. The SMILES string of the molecule is CCCCNC(=O)c1nc(N[C@H]2CCCC[C@H]2NC(=N)c2ccccc2)c2cc(C)ccc2n1.Cl.Cl. The van der Waals surface area contributed by atoms with E-state index in [2.05, 4.69) is 38.9 Å². The molecule has 4 N–H and O–H groups in total. The summed E-state index contributed by atoms with van der Waals surface area (Å²) in [5.41, 5.74) is 2.74. The number of amides is 1. The van der Waals surface area contributed by atoms with E-state index in [1.54, 1.807) is 0 Å². The molecule has 1 aliphatic rings. The molecule has 3 aromatic rings. The number of carbonyl (C=O) groups is 1. The number of rotatable bonds is 8. The predicted octanol–water partition coefficient (Wildman–Crippen LogP) is 5.65. The number of aromatic nitrogens is 2. The topological polar surface area (TPSA) is 103 Å². The van der Waals surface area contributed by atoms with E-state index in [-0.39, 0.29) is 48.6 Å². The maximum atomic E-state index is 12.7. The third-order valence-corrected chi connectivity index (χ3v) is 6.35. The Labute approximate surface area is 225 Å². The lowest BCUT2D eigenvalue weighted by Gasteiger charge is -2.34. The molecule has 1 aromatic heterocycles. The second-order valence-corrected chi connectivity index (χ2v) is 9.05. The van der Waals surface area contributed by atoms with Crippen molar-refractivity contribution in [3.05, 3.63) is 65.5 Å². The highest BCUT2D eigenvalue weighted by molar-refractivity contribution is 5.97. The largest absolute Gasteiger partial charge is 0.365 e. The number of anilines is 1. The third-order valence-electron chi connectivity index (χ3n) is 6.35. The van der Waals surface area contributed by atoms with Crippen LogP contribution in [0.5, 0.6) is 0 Å². The van der Waals surface area contributed by atoms with Gasteiger partial charge in [-0.3, -0.25) is 10.2 Å². The summed E-state index contributed by atoms with van der Waals surface area (Å²) in [4.78, 5) is 22.0. The van der Waals surface area contributed by atoms with Gasteiger partial charge in [0.1, 0.15) is 11.7 Å². The third kappa shape index (κ3) is 7.31. The van der Waals surface area contributed by atoms with Gasteiger partial charge in [0.2, 0.25) is 5.82 Å². The fraction of sp³-hybridized carbons (Fsp3) is 0.407. The summed E-state index contributed by atoms with van der Waals surface area (Å²) in [6, 6.07) is 16.0. The monoisotopic (exact) mass is 530 g/mol. The Balaban J connectivity index is 0.00000228. The van der Waals surface area contributed by atoms with Crippen molar-refractivity contribution in [1.29, 1.82) is 5.41 Å². The van der Waals surface area contributed by atoms with Crippen LogP contribution >= 0.6 is 24.8 Å².